The van der Waals surface area contributed by atoms with Crippen LogP contribution in [0.1, 0.15) is 21.7 Å². The van der Waals surface area contributed by atoms with Crippen molar-refractivity contribution in [2.24, 2.45) is 0 Å². The lowest BCUT2D eigenvalue weighted by molar-refractivity contribution is 0.0690. The number of thiazole rings is 1. The molecule has 0 bridgehead atoms. The number of aryl methyl sites for hydroxylation is 2. The molecule has 0 radical (unpaired) electrons. The van der Waals surface area contributed by atoms with Crippen molar-refractivity contribution in [2.75, 3.05) is 0 Å². The molecule has 2 heterocycles. The van der Waals surface area contributed by atoms with Crippen molar-refractivity contribution in [3.05, 3.63) is 41.2 Å². The number of benzene rings is 1. The van der Waals surface area contributed by atoms with Crippen LogP contribution in [0.25, 0.3) is 15.3 Å². The van der Waals surface area contributed by atoms with E-state index in [4.69, 9.17) is 5.11 Å². The Morgan fingerprint density at radius 1 is 1.37 bits per heavy atom. The zero-order chi connectivity index (χ0) is 13.6. The highest BCUT2D eigenvalue weighted by atomic mass is 32.1. The number of rotatable bonds is 2. The molecule has 1 N–H and O–H groups in total. The van der Waals surface area contributed by atoms with Crippen LogP contribution in [0, 0.1) is 13.8 Å². The van der Waals surface area contributed by atoms with Gasteiger partial charge in [-0.05, 0) is 31.5 Å². The van der Waals surface area contributed by atoms with Crippen LogP contribution in [0.5, 0.6) is 0 Å². The monoisotopic (exact) mass is 273 g/mol. The molecule has 2 aromatic heterocycles. The molecular formula is C13H11N3O2S. The largest absolute Gasteiger partial charge is 0.476 e. The van der Waals surface area contributed by atoms with Gasteiger partial charge in [-0.2, -0.15) is 5.10 Å². The lowest BCUT2D eigenvalue weighted by Crippen LogP contribution is -2.01. The summed E-state index contributed by atoms with van der Waals surface area (Å²) in [5.41, 5.74) is 2.83. The lowest BCUT2D eigenvalue weighted by Gasteiger charge is -1.96. The van der Waals surface area contributed by atoms with E-state index in [1.54, 1.807) is 10.7 Å². The highest BCUT2D eigenvalue weighted by molar-refractivity contribution is 7.20. The fourth-order valence-electron chi connectivity index (χ4n) is 1.94. The molecule has 0 saturated heterocycles. The number of para-hydroxylation sites is 1. The summed E-state index contributed by atoms with van der Waals surface area (Å²) in [7, 11) is 0. The standard InChI is InChI=1S/C13H11N3O2S/c1-7-4-3-5-10-11(7)14-13(19-10)16-8(2)6-9(15-16)12(17)18/h3-6H,1-2H3,(H,17,18). The van der Waals surface area contributed by atoms with Crippen LogP contribution in [-0.2, 0) is 0 Å². The number of hydrogen-bond donors (Lipinski definition) is 1. The van der Waals surface area contributed by atoms with Crippen molar-refractivity contribution in [3.8, 4) is 5.13 Å². The van der Waals surface area contributed by atoms with Gasteiger partial charge in [0, 0.05) is 5.69 Å². The van der Waals surface area contributed by atoms with Crippen LogP contribution in [0.4, 0.5) is 0 Å². The summed E-state index contributed by atoms with van der Waals surface area (Å²) in [6.07, 6.45) is 0. The number of aromatic carboxylic acids is 1. The van der Waals surface area contributed by atoms with Crippen LogP contribution in [0.2, 0.25) is 0 Å². The van der Waals surface area contributed by atoms with Crippen LogP contribution in [0.15, 0.2) is 24.3 Å². The highest BCUT2D eigenvalue weighted by Crippen LogP contribution is 2.27. The van der Waals surface area contributed by atoms with Crippen LogP contribution >= 0.6 is 11.3 Å². The summed E-state index contributed by atoms with van der Waals surface area (Å²) in [5, 5.41) is 13.7. The second-order valence-corrected chi connectivity index (χ2v) is 5.32. The number of hydrogen-bond acceptors (Lipinski definition) is 4. The normalized spacial score (nSPS) is 11.1. The molecule has 3 rings (SSSR count). The van der Waals surface area contributed by atoms with E-state index in [1.807, 2.05) is 32.0 Å². The maximum atomic E-state index is 10.9. The Morgan fingerprint density at radius 2 is 2.16 bits per heavy atom. The molecule has 6 heteroatoms. The molecule has 0 unspecified atom stereocenters. The minimum absolute atomic E-state index is 0.0356. The molecule has 0 amide bonds. The van der Waals surface area contributed by atoms with Gasteiger partial charge in [0.1, 0.15) is 0 Å². The molecule has 1 aromatic carbocycles. The van der Waals surface area contributed by atoms with Gasteiger partial charge in [-0.3, -0.25) is 0 Å². The average molecular weight is 273 g/mol. The van der Waals surface area contributed by atoms with Gasteiger partial charge in [0.05, 0.1) is 10.2 Å². The molecule has 96 valence electrons. The van der Waals surface area contributed by atoms with Crippen molar-refractivity contribution in [1.82, 2.24) is 14.8 Å². The number of aromatic nitrogens is 3. The second kappa shape index (κ2) is 4.17. The molecule has 0 atom stereocenters. The van der Waals surface area contributed by atoms with Crippen LogP contribution < -0.4 is 0 Å². The number of nitrogens with zero attached hydrogens (tertiary/aromatic N) is 3. The van der Waals surface area contributed by atoms with E-state index in [0.717, 1.165) is 21.5 Å². The zero-order valence-corrected chi connectivity index (χ0v) is 11.2. The summed E-state index contributed by atoms with van der Waals surface area (Å²) >= 11 is 1.50. The molecular weight excluding hydrogens is 262 g/mol. The molecule has 0 aliphatic rings. The van der Waals surface area contributed by atoms with E-state index in [0.29, 0.717) is 5.13 Å². The molecule has 19 heavy (non-hydrogen) atoms. The number of carbonyl (C=O) groups is 1. The third-order valence-electron chi connectivity index (χ3n) is 2.90. The van der Waals surface area contributed by atoms with E-state index in [1.165, 1.54) is 11.3 Å². The molecule has 0 aliphatic carbocycles. The summed E-state index contributed by atoms with van der Waals surface area (Å²) in [5.74, 6) is -1.03. The van der Waals surface area contributed by atoms with E-state index >= 15 is 0 Å². The molecule has 0 saturated carbocycles. The molecule has 3 aromatic rings. The lowest BCUT2D eigenvalue weighted by atomic mass is 10.2. The predicted octanol–water partition coefficient (Wildman–Crippen LogP) is 2.80. The maximum absolute atomic E-state index is 10.9. The Labute approximate surface area is 113 Å². The minimum atomic E-state index is -1.03. The van der Waals surface area contributed by atoms with E-state index in [-0.39, 0.29) is 5.69 Å². The van der Waals surface area contributed by atoms with E-state index < -0.39 is 5.97 Å². The fourth-order valence-corrected chi connectivity index (χ4v) is 2.99. The van der Waals surface area contributed by atoms with Gasteiger partial charge in [-0.25, -0.2) is 14.5 Å². The number of carboxylic acid groups (broad SMARTS) is 1. The van der Waals surface area contributed by atoms with Crippen molar-refractivity contribution in [2.45, 2.75) is 13.8 Å². The average Bonchev–Trinajstić information content (AvgIpc) is 2.93. The minimum Gasteiger partial charge on any atom is -0.476 e. The molecule has 0 fully saturated rings. The van der Waals surface area contributed by atoms with E-state index in [2.05, 4.69) is 10.1 Å². The first kappa shape index (κ1) is 11.9. The molecule has 5 nitrogen and oxygen atoms in total. The smallest absolute Gasteiger partial charge is 0.356 e. The second-order valence-electron chi connectivity index (χ2n) is 4.31. The van der Waals surface area contributed by atoms with Crippen molar-refractivity contribution < 1.29 is 9.90 Å². The Morgan fingerprint density at radius 3 is 2.79 bits per heavy atom. The van der Waals surface area contributed by atoms with Crippen LogP contribution in [0.3, 0.4) is 0 Å². The third kappa shape index (κ3) is 1.90. The van der Waals surface area contributed by atoms with Crippen molar-refractivity contribution in [3.63, 3.8) is 0 Å². The number of carboxylic acids is 1. The SMILES string of the molecule is Cc1cccc2sc(-n3nc(C(=O)O)cc3C)nc12. The quantitative estimate of drug-likeness (QED) is 0.779. The van der Waals surface area contributed by atoms with Gasteiger partial charge >= 0.3 is 5.97 Å². The Bertz CT molecular complexity index is 788. The highest BCUT2D eigenvalue weighted by Gasteiger charge is 2.15. The first-order valence-corrected chi connectivity index (χ1v) is 6.54. The first-order valence-electron chi connectivity index (χ1n) is 5.73. The summed E-state index contributed by atoms with van der Waals surface area (Å²) in [4.78, 5) is 15.5. The Hall–Kier alpha value is -2.21. The van der Waals surface area contributed by atoms with Gasteiger partial charge in [0.25, 0.3) is 0 Å². The summed E-state index contributed by atoms with van der Waals surface area (Å²) < 4.78 is 2.65. The van der Waals surface area contributed by atoms with Gasteiger partial charge < -0.3 is 5.11 Å². The van der Waals surface area contributed by atoms with Gasteiger partial charge in [-0.15, -0.1) is 0 Å². The first-order chi connectivity index (χ1) is 9.06. The van der Waals surface area contributed by atoms with Crippen molar-refractivity contribution >= 4 is 27.5 Å². The molecule has 0 aliphatic heterocycles. The Kier molecular flexibility index (Phi) is 2.60. The van der Waals surface area contributed by atoms with Crippen molar-refractivity contribution in [1.29, 1.82) is 0 Å². The fraction of sp³-hybridized carbons (Fsp3) is 0.154. The topological polar surface area (TPSA) is 68.0 Å². The van der Waals surface area contributed by atoms with Gasteiger partial charge in [-0.1, -0.05) is 23.5 Å². The third-order valence-corrected chi connectivity index (χ3v) is 3.89. The molecule has 0 spiro atoms. The van der Waals surface area contributed by atoms with Crippen LogP contribution in [-0.4, -0.2) is 25.8 Å². The maximum Gasteiger partial charge on any atom is 0.356 e. The zero-order valence-electron chi connectivity index (χ0n) is 10.4. The number of fused-ring (bicyclic) bond motifs is 1. The summed E-state index contributed by atoms with van der Waals surface area (Å²) in [6, 6.07) is 7.53. The van der Waals surface area contributed by atoms with Gasteiger partial charge in [0.15, 0.2) is 5.69 Å². The Balaban J connectivity index is 2.19. The predicted molar refractivity (Wildman–Crippen MR) is 73.2 cm³/mol. The van der Waals surface area contributed by atoms with Gasteiger partial charge in [0.2, 0.25) is 5.13 Å². The summed E-state index contributed by atoms with van der Waals surface area (Å²) in [6.45, 7) is 3.82. The van der Waals surface area contributed by atoms with E-state index in [9.17, 15) is 4.79 Å².